The summed E-state index contributed by atoms with van der Waals surface area (Å²) < 4.78 is 19.7. The fraction of sp³-hybridized carbons (Fsp3) is 0.333. The highest BCUT2D eigenvalue weighted by molar-refractivity contribution is 9.10. The molecule has 2 aromatic rings. The summed E-state index contributed by atoms with van der Waals surface area (Å²) in [6.07, 6.45) is 4.12. The van der Waals surface area contributed by atoms with Crippen LogP contribution in [0.2, 0.25) is 0 Å². The predicted octanol–water partition coefficient (Wildman–Crippen LogP) is 3.48. The molecular weight excluding hydrogens is 337 g/mol. The number of methoxy groups -OCH3 is 1. The monoisotopic (exact) mass is 353 g/mol. The molecule has 0 aliphatic heterocycles. The molecule has 1 aromatic carbocycles. The van der Waals surface area contributed by atoms with Gasteiger partial charge in [-0.25, -0.2) is 9.37 Å². The number of hydrogen-bond donors (Lipinski definition) is 1. The molecule has 0 bridgehead atoms. The Hall–Kier alpha value is -1.53. The molecule has 1 N–H and O–H groups in total. The minimum atomic E-state index is -0.293. The van der Waals surface area contributed by atoms with Crippen LogP contribution in [0.15, 0.2) is 35.1 Å². The van der Waals surface area contributed by atoms with Gasteiger partial charge in [0, 0.05) is 16.9 Å². The molecule has 0 fully saturated rings. The summed E-state index contributed by atoms with van der Waals surface area (Å²) in [6, 6.07) is 4.30. The maximum absolute atomic E-state index is 13.6. The van der Waals surface area contributed by atoms with Gasteiger partial charge < -0.3 is 10.1 Å². The van der Waals surface area contributed by atoms with Crippen molar-refractivity contribution in [2.45, 2.75) is 19.4 Å². The third kappa shape index (κ3) is 3.77. The van der Waals surface area contributed by atoms with Crippen molar-refractivity contribution in [3.05, 3.63) is 52.1 Å². The van der Waals surface area contributed by atoms with Crippen LogP contribution in [0.5, 0.6) is 5.88 Å². The van der Waals surface area contributed by atoms with E-state index < -0.39 is 0 Å². The van der Waals surface area contributed by atoms with Crippen LogP contribution in [0.25, 0.3) is 0 Å². The van der Waals surface area contributed by atoms with E-state index in [1.807, 2.05) is 0 Å². The summed E-state index contributed by atoms with van der Waals surface area (Å²) in [4.78, 5) is 8.53. The van der Waals surface area contributed by atoms with Gasteiger partial charge in [-0.15, -0.1) is 0 Å². The van der Waals surface area contributed by atoms with Crippen LogP contribution in [-0.2, 0) is 0 Å². The largest absolute Gasteiger partial charge is 0.480 e. The van der Waals surface area contributed by atoms with Gasteiger partial charge >= 0.3 is 0 Å². The average Bonchev–Trinajstić information content (AvgIpc) is 2.51. The molecule has 1 atom stereocenters. The summed E-state index contributed by atoms with van der Waals surface area (Å²) in [5.41, 5.74) is 1.40. The lowest BCUT2D eigenvalue weighted by Crippen LogP contribution is -2.25. The molecule has 1 unspecified atom stereocenters. The highest BCUT2D eigenvalue weighted by Gasteiger charge is 2.22. The van der Waals surface area contributed by atoms with Gasteiger partial charge in [0.2, 0.25) is 5.88 Å². The van der Waals surface area contributed by atoms with Crippen molar-refractivity contribution in [3.8, 4) is 5.88 Å². The fourth-order valence-corrected chi connectivity index (χ4v) is 2.55. The first-order chi connectivity index (χ1) is 10.2. The number of hydrogen-bond acceptors (Lipinski definition) is 4. The lowest BCUT2D eigenvalue weighted by atomic mass is 10.0. The Morgan fingerprint density at radius 1 is 1.33 bits per heavy atom. The Morgan fingerprint density at radius 2 is 2.10 bits per heavy atom. The van der Waals surface area contributed by atoms with Crippen molar-refractivity contribution >= 4 is 15.9 Å². The predicted molar refractivity (Wildman–Crippen MR) is 82.8 cm³/mol. The van der Waals surface area contributed by atoms with E-state index in [-0.39, 0.29) is 11.9 Å². The molecule has 2 rings (SSSR count). The van der Waals surface area contributed by atoms with Crippen LogP contribution in [0.4, 0.5) is 4.39 Å². The first kappa shape index (κ1) is 15.9. The van der Waals surface area contributed by atoms with Crippen LogP contribution in [-0.4, -0.2) is 23.6 Å². The van der Waals surface area contributed by atoms with Crippen molar-refractivity contribution < 1.29 is 9.13 Å². The number of nitrogens with one attached hydrogen (secondary N) is 1. The number of ether oxygens (including phenoxy) is 1. The van der Waals surface area contributed by atoms with Crippen LogP contribution in [0.1, 0.15) is 30.6 Å². The summed E-state index contributed by atoms with van der Waals surface area (Å²) >= 11 is 3.47. The van der Waals surface area contributed by atoms with Crippen molar-refractivity contribution in [3.63, 3.8) is 0 Å². The molecule has 1 heterocycles. The van der Waals surface area contributed by atoms with Crippen molar-refractivity contribution in [2.75, 3.05) is 13.7 Å². The summed E-state index contributed by atoms with van der Waals surface area (Å²) in [5.74, 6) is 0.140. The van der Waals surface area contributed by atoms with Crippen molar-refractivity contribution in [2.24, 2.45) is 0 Å². The molecule has 0 saturated heterocycles. The Bertz CT molecular complexity index is 609. The molecule has 0 aliphatic rings. The SMILES string of the molecule is CCCNC(c1cc(F)ccc1Br)c1nccnc1OC. The van der Waals surface area contributed by atoms with E-state index in [0.29, 0.717) is 11.6 Å². The number of benzene rings is 1. The van der Waals surface area contributed by atoms with E-state index in [2.05, 4.69) is 38.1 Å². The third-order valence-corrected chi connectivity index (χ3v) is 3.75. The maximum Gasteiger partial charge on any atom is 0.237 e. The van der Waals surface area contributed by atoms with Crippen LogP contribution in [0.3, 0.4) is 0 Å². The molecule has 1 aromatic heterocycles. The van der Waals surface area contributed by atoms with Gasteiger partial charge in [-0.3, -0.25) is 4.98 Å². The molecule has 112 valence electrons. The average molecular weight is 354 g/mol. The zero-order valence-corrected chi connectivity index (χ0v) is 13.5. The number of rotatable bonds is 6. The highest BCUT2D eigenvalue weighted by atomic mass is 79.9. The van der Waals surface area contributed by atoms with E-state index in [4.69, 9.17) is 4.74 Å². The number of aromatic nitrogens is 2. The Kier molecular flexibility index (Phi) is 5.64. The fourth-order valence-electron chi connectivity index (χ4n) is 2.07. The zero-order valence-electron chi connectivity index (χ0n) is 11.9. The van der Waals surface area contributed by atoms with Crippen LogP contribution >= 0.6 is 15.9 Å². The second-order valence-electron chi connectivity index (χ2n) is 4.50. The number of halogens is 2. The van der Waals surface area contributed by atoms with Crippen LogP contribution in [0, 0.1) is 5.82 Å². The molecule has 6 heteroatoms. The topological polar surface area (TPSA) is 47.0 Å². The lowest BCUT2D eigenvalue weighted by Gasteiger charge is -2.21. The molecule has 4 nitrogen and oxygen atoms in total. The molecule has 0 spiro atoms. The van der Waals surface area contributed by atoms with E-state index in [1.165, 1.54) is 12.1 Å². The maximum atomic E-state index is 13.6. The first-order valence-corrected chi connectivity index (χ1v) is 7.49. The van der Waals surface area contributed by atoms with E-state index in [1.54, 1.807) is 25.6 Å². The third-order valence-electron chi connectivity index (χ3n) is 3.03. The minimum Gasteiger partial charge on any atom is -0.480 e. The minimum absolute atomic E-state index is 0.292. The lowest BCUT2D eigenvalue weighted by molar-refractivity contribution is 0.382. The Morgan fingerprint density at radius 3 is 2.81 bits per heavy atom. The van der Waals surface area contributed by atoms with Gasteiger partial charge in [0.25, 0.3) is 0 Å². The number of nitrogens with zero attached hydrogens (tertiary/aromatic N) is 2. The molecule has 0 aliphatic carbocycles. The van der Waals surface area contributed by atoms with Crippen LogP contribution < -0.4 is 10.1 Å². The van der Waals surface area contributed by atoms with Gasteiger partial charge in [-0.2, -0.15) is 0 Å². The second kappa shape index (κ2) is 7.47. The summed E-state index contributed by atoms with van der Waals surface area (Å²) in [7, 11) is 1.55. The normalized spacial score (nSPS) is 12.2. The highest BCUT2D eigenvalue weighted by Crippen LogP contribution is 2.31. The molecule has 21 heavy (non-hydrogen) atoms. The van der Waals surface area contributed by atoms with Gasteiger partial charge in [-0.1, -0.05) is 22.9 Å². The van der Waals surface area contributed by atoms with Gasteiger partial charge in [0.15, 0.2) is 0 Å². The van der Waals surface area contributed by atoms with Crippen molar-refractivity contribution in [1.82, 2.24) is 15.3 Å². The zero-order chi connectivity index (χ0) is 15.2. The van der Waals surface area contributed by atoms with E-state index in [9.17, 15) is 4.39 Å². The van der Waals surface area contributed by atoms with Gasteiger partial charge in [0.1, 0.15) is 11.5 Å². The molecular formula is C15H17BrFN3O. The summed E-state index contributed by atoms with van der Waals surface area (Å²) in [5, 5.41) is 3.37. The molecule has 0 saturated carbocycles. The Labute approximate surface area is 131 Å². The van der Waals surface area contributed by atoms with Crippen molar-refractivity contribution in [1.29, 1.82) is 0 Å². The second-order valence-corrected chi connectivity index (χ2v) is 5.36. The standard InChI is InChI=1S/C15H17BrFN3O/c1-3-6-18-13(11-9-10(17)4-5-12(11)16)14-15(21-2)20-8-7-19-14/h4-5,7-9,13,18H,3,6H2,1-2H3. The molecule has 0 radical (unpaired) electrons. The Balaban J connectivity index is 2.49. The summed E-state index contributed by atoms with van der Waals surface area (Å²) in [6.45, 7) is 2.84. The quantitative estimate of drug-likeness (QED) is 0.863. The van der Waals surface area contributed by atoms with Gasteiger partial charge in [0.05, 0.1) is 13.2 Å². The van der Waals surface area contributed by atoms with Gasteiger partial charge in [-0.05, 0) is 36.7 Å². The van der Waals surface area contributed by atoms with E-state index in [0.717, 1.165) is 23.0 Å². The van der Waals surface area contributed by atoms with E-state index >= 15 is 0 Å². The smallest absolute Gasteiger partial charge is 0.237 e. The molecule has 0 amide bonds. The first-order valence-electron chi connectivity index (χ1n) is 6.70.